The number of benzene rings is 2. The third kappa shape index (κ3) is 2.39. The smallest absolute Gasteiger partial charge is 0.121 e. The summed E-state index contributed by atoms with van der Waals surface area (Å²) in [5.74, 6) is 0.515. The van der Waals surface area contributed by atoms with Gasteiger partial charge in [-0.1, -0.05) is 61.5 Å². The fourth-order valence-corrected chi connectivity index (χ4v) is 3.47. The molecule has 0 aliphatic carbocycles. The minimum Gasteiger partial charge on any atom is -0.370 e. The first-order chi connectivity index (χ1) is 11.6. The Balaban J connectivity index is 2.04. The first-order valence-corrected chi connectivity index (χ1v) is 8.47. The highest BCUT2D eigenvalue weighted by molar-refractivity contribution is 5.87. The first-order valence-electron chi connectivity index (χ1n) is 8.47. The van der Waals surface area contributed by atoms with Crippen LogP contribution >= 0.6 is 0 Å². The molecule has 1 aromatic heterocycles. The molecule has 0 amide bonds. The Morgan fingerprint density at radius 1 is 1.00 bits per heavy atom. The average molecular weight is 318 g/mol. The molecule has 122 valence electrons. The van der Waals surface area contributed by atoms with Crippen molar-refractivity contribution in [2.24, 2.45) is 5.92 Å². The van der Waals surface area contributed by atoms with Crippen LogP contribution in [0.5, 0.6) is 0 Å². The van der Waals surface area contributed by atoms with Gasteiger partial charge in [-0.2, -0.15) is 0 Å². The molecule has 0 saturated carbocycles. The van der Waals surface area contributed by atoms with E-state index in [-0.39, 0.29) is 0 Å². The van der Waals surface area contributed by atoms with Crippen LogP contribution in [-0.2, 0) is 13.1 Å². The Kier molecular flexibility index (Phi) is 3.60. The molecule has 0 atom stereocenters. The molecule has 0 unspecified atom stereocenters. The maximum Gasteiger partial charge on any atom is 0.121 e. The molecule has 0 saturated heterocycles. The van der Waals surface area contributed by atoms with Crippen LogP contribution < -0.4 is 4.90 Å². The zero-order valence-corrected chi connectivity index (χ0v) is 14.4. The van der Waals surface area contributed by atoms with Gasteiger partial charge in [0.1, 0.15) is 5.69 Å². The standard InChI is InChI=1S/C20H22N4/c1-14(2)12-24-20-17-10-6-7-11-18(17)23(3)13-15-8-4-5-9-16(15)19(20)21-22-24/h4-11,14H,12-13H2,1-3H3. The van der Waals surface area contributed by atoms with Crippen LogP contribution in [0.25, 0.3) is 22.5 Å². The monoisotopic (exact) mass is 318 g/mol. The van der Waals surface area contributed by atoms with Gasteiger partial charge in [-0.3, -0.25) is 0 Å². The fraction of sp³-hybridized carbons (Fsp3) is 0.300. The fourth-order valence-electron chi connectivity index (χ4n) is 3.47. The van der Waals surface area contributed by atoms with E-state index < -0.39 is 0 Å². The Labute approximate surface area is 142 Å². The van der Waals surface area contributed by atoms with Crippen molar-refractivity contribution < 1.29 is 0 Å². The van der Waals surface area contributed by atoms with Gasteiger partial charge in [0.05, 0.1) is 5.69 Å². The van der Waals surface area contributed by atoms with E-state index in [9.17, 15) is 0 Å². The number of hydrogen-bond donors (Lipinski definition) is 0. The Bertz CT molecular complexity index is 879. The van der Waals surface area contributed by atoms with Crippen molar-refractivity contribution >= 4 is 5.69 Å². The summed E-state index contributed by atoms with van der Waals surface area (Å²) in [6.45, 7) is 6.15. The van der Waals surface area contributed by atoms with Crippen molar-refractivity contribution in [2.75, 3.05) is 11.9 Å². The third-order valence-electron chi connectivity index (χ3n) is 4.52. The maximum atomic E-state index is 4.57. The van der Waals surface area contributed by atoms with Crippen LogP contribution in [-0.4, -0.2) is 22.0 Å². The number of rotatable bonds is 2. The second kappa shape index (κ2) is 5.78. The Morgan fingerprint density at radius 2 is 1.71 bits per heavy atom. The summed E-state index contributed by atoms with van der Waals surface area (Å²) >= 11 is 0. The lowest BCUT2D eigenvalue weighted by molar-refractivity contribution is 0.475. The number of fused-ring (bicyclic) bond motifs is 5. The highest BCUT2D eigenvalue weighted by atomic mass is 15.4. The highest BCUT2D eigenvalue weighted by Crippen LogP contribution is 2.40. The van der Waals surface area contributed by atoms with Crippen molar-refractivity contribution in [3.8, 4) is 22.5 Å². The molecule has 1 aliphatic rings. The zero-order chi connectivity index (χ0) is 16.7. The Hall–Kier alpha value is -2.62. The maximum absolute atomic E-state index is 4.57. The summed E-state index contributed by atoms with van der Waals surface area (Å²) in [5, 5.41) is 9.06. The molecule has 2 heterocycles. The molecule has 0 N–H and O–H groups in total. The SMILES string of the molecule is CC(C)Cn1nnc2c1-c1ccccc1N(C)Cc1ccccc1-2. The lowest BCUT2D eigenvalue weighted by Gasteiger charge is -2.26. The van der Waals surface area contributed by atoms with Crippen LogP contribution in [0.2, 0.25) is 0 Å². The predicted octanol–water partition coefficient (Wildman–Crippen LogP) is 4.22. The van der Waals surface area contributed by atoms with Crippen LogP contribution in [0.15, 0.2) is 48.5 Å². The molecule has 1 aliphatic heterocycles. The van der Waals surface area contributed by atoms with Crippen molar-refractivity contribution in [3.05, 3.63) is 54.1 Å². The number of para-hydroxylation sites is 1. The van der Waals surface area contributed by atoms with Crippen LogP contribution in [0.1, 0.15) is 19.4 Å². The van der Waals surface area contributed by atoms with E-state index in [1.165, 1.54) is 22.4 Å². The predicted molar refractivity (Wildman–Crippen MR) is 97.8 cm³/mol. The van der Waals surface area contributed by atoms with Gasteiger partial charge in [-0.15, -0.1) is 5.10 Å². The number of anilines is 1. The molecule has 0 bridgehead atoms. The molecular formula is C20H22N4. The van der Waals surface area contributed by atoms with Gasteiger partial charge < -0.3 is 4.90 Å². The van der Waals surface area contributed by atoms with Gasteiger partial charge in [0.25, 0.3) is 0 Å². The van der Waals surface area contributed by atoms with Gasteiger partial charge in [-0.05, 0) is 17.5 Å². The normalized spacial score (nSPS) is 13.1. The Morgan fingerprint density at radius 3 is 2.50 bits per heavy atom. The topological polar surface area (TPSA) is 34.0 Å². The second-order valence-corrected chi connectivity index (χ2v) is 6.89. The molecule has 2 aromatic carbocycles. The van der Waals surface area contributed by atoms with Gasteiger partial charge in [0.2, 0.25) is 0 Å². The van der Waals surface area contributed by atoms with E-state index in [2.05, 4.69) is 89.3 Å². The molecule has 0 spiro atoms. The number of aromatic nitrogens is 3. The van der Waals surface area contributed by atoms with Gasteiger partial charge in [0, 0.05) is 37.0 Å². The lowest BCUT2D eigenvalue weighted by atomic mass is 9.96. The van der Waals surface area contributed by atoms with E-state index in [1.54, 1.807) is 0 Å². The van der Waals surface area contributed by atoms with Crippen molar-refractivity contribution in [2.45, 2.75) is 26.9 Å². The summed E-state index contributed by atoms with van der Waals surface area (Å²) in [6.07, 6.45) is 0. The van der Waals surface area contributed by atoms with E-state index in [1.807, 2.05) is 0 Å². The van der Waals surface area contributed by atoms with Crippen LogP contribution in [0.3, 0.4) is 0 Å². The quantitative estimate of drug-likeness (QED) is 0.709. The van der Waals surface area contributed by atoms with Crippen LogP contribution in [0.4, 0.5) is 5.69 Å². The van der Waals surface area contributed by atoms with E-state index in [4.69, 9.17) is 0 Å². The molecule has 4 nitrogen and oxygen atoms in total. The minimum atomic E-state index is 0.515. The van der Waals surface area contributed by atoms with Gasteiger partial charge in [0.15, 0.2) is 0 Å². The molecule has 24 heavy (non-hydrogen) atoms. The summed E-state index contributed by atoms with van der Waals surface area (Å²) in [7, 11) is 2.15. The van der Waals surface area contributed by atoms with Crippen molar-refractivity contribution in [3.63, 3.8) is 0 Å². The van der Waals surface area contributed by atoms with Crippen molar-refractivity contribution in [1.82, 2.24) is 15.0 Å². The molecule has 3 aromatic rings. The number of nitrogens with zero attached hydrogens (tertiary/aromatic N) is 4. The minimum absolute atomic E-state index is 0.515. The third-order valence-corrected chi connectivity index (χ3v) is 4.52. The summed E-state index contributed by atoms with van der Waals surface area (Å²) in [6, 6.07) is 17.1. The molecule has 0 fully saturated rings. The average Bonchev–Trinajstić information content (AvgIpc) is 2.96. The molecule has 4 rings (SSSR count). The molecule has 0 radical (unpaired) electrons. The van der Waals surface area contributed by atoms with E-state index in [0.29, 0.717) is 5.92 Å². The van der Waals surface area contributed by atoms with Gasteiger partial charge >= 0.3 is 0 Å². The highest BCUT2D eigenvalue weighted by Gasteiger charge is 2.25. The molecular weight excluding hydrogens is 296 g/mol. The van der Waals surface area contributed by atoms with Crippen molar-refractivity contribution in [1.29, 1.82) is 0 Å². The van der Waals surface area contributed by atoms with Crippen LogP contribution in [0, 0.1) is 5.92 Å². The van der Waals surface area contributed by atoms with E-state index >= 15 is 0 Å². The summed E-state index contributed by atoms with van der Waals surface area (Å²) < 4.78 is 2.06. The van der Waals surface area contributed by atoms with E-state index in [0.717, 1.165) is 24.5 Å². The van der Waals surface area contributed by atoms with Gasteiger partial charge in [-0.25, -0.2) is 4.68 Å². The second-order valence-electron chi connectivity index (χ2n) is 6.89. The molecule has 4 heteroatoms. The largest absolute Gasteiger partial charge is 0.370 e. The summed E-state index contributed by atoms with van der Waals surface area (Å²) in [5.41, 5.74) is 7.01. The zero-order valence-electron chi connectivity index (χ0n) is 14.4. The lowest BCUT2D eigenvalue weighted by Crippen LogP contribution is -2.20. The number of hydrogen-bond acceptors (Lipinski definition) is 3. The first kappa shape index (κ1) is 14.9. The summed E-state index contributed by atoms with van der Waals surface area (Å²) in [4.78, 5) is 2.31.